The van der Waals surface area contributed by atoms with Gasteiger partial charge in [-0.1, -0.05) is 23.4 Å². The van der Waals surface area contributed by atoms with Crippen molar-refractivity contribution in [3.05, 3.63) is 28.8 Å². The first kappa shape index (κ1) is 21.4. The topological polar surface area (TPSA) is 45.2 Å². The van der Waals surface area contributed by atoms with Gasteiger partial charge in [0.1, 0.15) is 18.5 Å². The number of hydrogen-bond acceptors (Lipinski definition) is 5. The zero-order valence-corrected chi connectivity index (χ0v) is 17.8. The predicted molar refractivity (Wildman–Crippen MR) is 112 cm³/mol. The van der Waals surface area contributed by atoms with Crippen molar-refractivity contribution < 1.29 is 14.6 Å². The third kappa shape index (κ3) is 6.65. The van der Waals surface area contributed by atoms with E-state index in [1.807, 2.05) is 12.1 Å². The fourth-order valence-electron chi connectivity index (χ4n) is 3.27. The van der Waals surface area contributed by atoms with E-state index in [9.17, 15) is 5.11 Å². The lowest BCUT2D eigenvalue weighted by molar-refractivity contribution is -0.0793. The summed E-state index contributed by atoms with van der Waals surface area (Å²) >= 11 is 6.19. The third-order valence-corrected chi connectivity index (χ3v) is 5.13. The van der Waals surface area contributed by atoms with Crippen molar-refractivity contribution in [3.63, 3.8) is 0 Å². The highest BCUT2D eigenvalue weighted by atomic mass is 35.5. The van der Waals surface area contributed by atoms with E-state index in [1.54, 1.807) is 6.07 Å². The Balaban J connectivity index is 1.45. The average molecular weight is 407 g/mol. The zero-order chi connectivity index (χ0) is 20.1. The van der Waals surface area contributed by atoms with Gasteiger partial charge in [-0.25, -0.2) is 0 Å². The van der Waals surface area contributed by atoms with Crippen LogP contribution in [0.1, 0.15) is 26.3 Å². The average Bonchev–Trinajstić information content (AvgIpc) is 2.57. The largest absolute Gasteiger partial charge is 0.491 e. The van der Waals surface area contributed by atoms with Gasteiger partial charge in [0, 0.05) is 48.7 Å². The summed E-state index contributed by atoms with van der Waals surface area (Å²) in [5.41, 5.74) is 0.748. The highest BCUT2D eigenvalue weighted by molar-refractivity contribution is 6.30. The Hall–Kier alpha value is -1.29. The Morgan fingerprint density at radius 2 is 1.93 bits per heavy atom. The van der Waals surface area contributed by atoms with Crippen LogP contribution in [0, 0.1) is 17.3 Å². The van der Waals surface area contributed by atoms with Gasteiger partial charge in [0.05, 0.1) is 19.3 Å². The molecule has 0 amide bonds. The van der Waals surface area contributed by atoms with Crippen LogP contribution in [-0.4, -0.2) is 79.6 Å². The van der Waals surface area contributed by atoms with Crippen molar-refractivity contribution >= 4 is 11.6 Å². The van der Waals surface area contributed by atoms with E-state index in [4.69, 9.17) is 21.1 Å². The molecule has 2 fully saturated rings. The second-order valence-corrected chi connectivity index (χ2v) is 9.10. The Morgan fingerprint density at radius 3 is 2.54 bits per heavy atom. The van der Waals surface area contributed by atoms with Crippen LogP contribution >= 0.6 is 11.6 Å². The molecule has 2 heterocycles. The van der Waals surface area contributed by atoms with Crippen molar-refractivity contribution in [3.8, 4) is 17.6 Å². The fraction of sp³-hybridized carbons (Fsp3) is 0.636. The molecule has 2 saturated heterocycles. The minimum atomic E-state index is -0.540. The van der Waals surface area contributed by atoms with E-state index in [0.717, 1.165) is 45.0 Å². The second-order valence-electron chi connectivity index (χ2n) is 8.67. The summed E-state index contributed by atoms with van der Waals surface area (Å²) in [4.78, 5) is 4.78. The lowest BCUT2D eigenvalue weighted by Crippen LogP contribution is -2.57. The SMILES string of the molecule is CC(C)(C)C#Cc1cc(Cl)cc(OCC(O)CN2CCN(C3COC3)CC2)c1. The summed E-state index contributed by atoms with van der Waals surface area (Å²) in [5.74, 6) is 6.98. The summed E-state index contributed by atoms with van der Waals surface area (Å²) in [6.45, 7) is 12.8. The molecule has 6 heteroatoms. The van der Waals surface area contributed by atoms with Gasteiger partial charge in [-0.15, -0.1) is 0 Å². The lowest BCUT2D eigenvalue weighted by atomic mass is 9.97. The molecule has 0 saturated carbocycles. The Labute approximate surface area is 173 Å². The summed E-state index contributed by atoms with van der Waals surface area (Å²) in [7, 11) is 0. The summed E-state index contributed by atoms with van der Waals surface area (Å²) in [6, 6.07) is 6.05. The van der Waals surface area contributed by atoms with Gasteiger partial charge in [0.25, 0.3) is 0 Å². The number of hydrogen-bond donors (Lipinski definition) is 1. The smallest absolute Gasteiger partial charge is 0.122 e. The number of ether oxygens (including phenoxy) is 2. The molecule has 2 aliphatic rings. The first-order valence-electron chi connectivity index (χ1n) is 9.97. The van der Waals surface area contributed by atoms with Crippen molar-refractivity contribution in [2.24, 2.45) is 5.41 Å². The van der Waals surface area contributed by atoms with Crippen LogP contribution in [0.2, 0.25) is 5.02 Å². The molecule has 1 aromatic rings. The van der Waals surface area contributed by atoms with Gasteiger partial charge in [-0.2, -0.15) is 0 Å². The van der Waals surface area contributed by atoms with Crippen LogP contribution < -0.4 is 4.74 Å². The van der Waals surface area contributed by atoms with Gasteiger partial charge in [0.2, 0.25) is 0 Å². The highest BCUT2D eigenvalue weighted by Gasteiger charge is 2.29. The van der Waals surface area contributed by atoms with Crippen LogP contribution in [0.5, 0.6) is 5.75 Å². The molecular weight excluding hydrogens is 376 g/mol. The third-order valence-electron chi connectivity index (χ3n) is 4.91. The zero-order valence-electron chi connectivity index (χ0n) is 17.1. The summed E-state index contributed by atoms with van der Waals surface area (Å²) in [6.07, 6.45) is -0.540. The fourth-order valence-corrected chi connectivity index (χ4v) is 3.49. The molecule has 154 valence electrons. The van der Waals surface area contributed by atoms with Gasteiger partial charge < -0.3 is 14.6 Å². The van der Waals surface area contributed by atoms with E-state index in [-0.39, 0.29) is 12.0 Å². The van der Waals surface area contributed by atoms with Crippen LogP contribution in [0.15, 0.2) is 18.2 Å². The first-order valence-corrected chi connectivity index (χ1v) is 10.3. The molecule has 0 aromatic heterocycles. The molecule has 0 radical (unpaired) electrons. The molecule has 5 nitrogen and oxygen atoms in total. The van der Waals surface area contributed by atoms with Crippen molar-refractivity contribution in [2.45, 2.75) is 32.9 Å². The molecule has 0 spiro atoms. The van der Waals surface area contributed by atoms with Crippen molar-refractivity contribution in [1.29, 1.82) is 0 Å². The lowest BCUT2D eigenvalue weighted by Gasteiger charge is -2.42. The minimum absolute atomic E-state index is 0.0742. The molecule has 1 atom stereocenters. The van der Waals surface area contributed by atoms with Gasteiger partial charge in [0.15, 0.2) is 0 Å². The number of piperazine rings is 1. The van der Waals surface area contributed by atoms with E-state index in [0.29, 0.717) is 23.4 Å². The van der Waals surface area contributed by atoms with Gasteiger partial charge >= 0.3 is 0 Å². The van der Waals surface area contributed by atoms with Gasteiger partial charge in [-0.05, 0) is 39.0 Å². The Bertz CT molecular complexity index is 711. The summed E-state index contributed by atoms with van der Waals surface area (Å²) in [5, 5.41) is 11.0. The monoisotopic (exact) mass is 406 g/mol. The number of nitrogens with zero attached hydrogens (tertiary/aromatic N) is 2. The maximum absolute atomic E-state index is 10.4. The minimum Gasteiger partial charge on any atom is -0.491 e. The standard InChI is InChI=1S/C22H31ClN2O3/c1-22(2,3)5-4-17-10-18(23)12-21(11-17)28-16-20(26)13-24-6-8-25(9-7-24)19-14-27-15-19/h10-12,19-20,26H,6-9,13-16H2,1-3H3. The molecule has 2 aliphatic heterocycles. The Kier molecular flexibility index (Phi) is 7.25. The first-order chi connectivity index (χ1) is 13.3. The number of benzene rings is 1. The quantitative estimate of drug-likeness (QED) is 0.735. The van der Waals surface area contributed by atoms with Gasteiger partial charge in [-0.3, -0.25) is 9.80 Å². The van der Waals surface area contributed by atoms with E-state index < -0.39 is 6.10 Å². The van der Waals surface area contributed by atoms with Crippen LogP contribution in [0.25, 0.3) is 0 Å². The predicted octanol–water partition coefficient (Wildman–Crippen LogP) is 2.49. The number of halogens is 1. The number of β-amino-alcohol motifs (C(OH)–C–C–N with tert-alkyl or cyclic N) is 1. The van der Waals surface area contributed by atoms with Crippen molar-refractivity contribution in [2.75, 3.05) is 52.5 Å². The number of aliphatic hydroxyl groups excluding tert-OH is 1. The molecule has 0 aliphatic carbocycles. The van der Waals surface area contributed by atoms with Crippen LogP contribution in [0.3, 0.4) is 0 Å². The summed E-state index contributed by atoms with van der Waals surface area (Å²) < 4.78 is 11.1. The molecule has 0 bridgehead atoms. The normalized spacial score (nSPS) is 20.2. The Morgan fingerprint density at radius 1 is 1.21 bits per heavy atom. The highest BCUT2D eigenvalue weighted by Crippen LogP contribution is 2.22. The molecule has 1 N–H and O–H groups in total. The van der Waals surface area contributed by atoms with Crippen LogP contribution in [0.4, 0.5) is 0 Å². The van der Waals surface area contributed by atoms with E-state index >= 15 is 0 Å². The van der Waals surface area contributed by atoms with Crippen molar-refractivity contribution in [1.82, 2.24) is 9.80 Å². The second kappa shape index (κ2) is 9.47. The molecule has 3 rings (SSSR count). The maximum Gasteiger partial charge on any atom is 0.122 e. The number of rotatable bonds is 6. The molecule has 28 heavy (non-hydrogen) atoms. The maximum atomic E-state index is 10.4. The molecule has 1 aromatic carbocycles. The number of aliphatic hydroxyl groups is 1. The molecular formula is C22H31ClN2O3. The van der Waals surface area contributed by atoms with E-state index in [1.165, 1.54) is 0 Å². The van der Waals surface area contributed by atoms with Crippen LogP contribution in [-0.2, 0) is 4.74 Å². The van der Waals surface area contributed by atoms with E-state index in [2.05, 4.69) is 42.4 Å². The molecule has 1 unspecified atom stereocenters.